The van der Waals surface area contributed by atoms with Gasteiger partial charge in [-0.15, -0.1) is 0 Å². The third-order valence-corrected chi connectivity index (χ3v) is 4.30. The van der Waals surface area contributed by atoms with Crippen molar-refractivity contribution >= 4 is 16.0 Å². The number of ether oxygens (including phenoxy) is 1. The fourth-order valence-electron chi connectivity index (χ4n) is 1.76. The molecule has 3 N–H and O–H groups in total. The first-order valence-corrected chi connectivity index (χ1v) is 7.35. The number of carbonyl (C=O) groups is 1. The van der Waals surface area contributed by atoms with Gasteiger partial charge in [0.2, 0.25) is 10.0 Å². The van der Waals surface area contributed by atoms with E-state index in [9.17, 15) is 13.2 Å². The Labute approximate surface area is 102 Å². The lowest BCUT2D eigenvalue weighted by Crippen LogP contribution is -2.54. The second kappa shape index (κ2) is 5.32. The Kier molecular flexibility index (Phi) is 4.51. The predicted octanol–water partition coefficient (Wildman–Crippen LogP) is -0.404. The Balaban J connectivity index is 2.61. The molecule has 7 heteroatoms. The molecule has 1 fully saturated rings. The molecule has 1 aliphatic rings. The van der Waals surface area contributed by atoms with Crippen molar-refractivity contribution in [3.05, 3.63) is 0 Å². The number of esters is 1. The van der Waals surface area contributed by atoms with E-state index in [1.54, 1.807) is 13.8 Å². The summed E-state index contributed by atoms with van der Waals surface area (Å²) >= 11 is 0. The first-order chi connectivity index (χ1) is 7.83. The zero-order valence-electron chi connectivity index (χ0n) is 10.2. The Morgan fingerprint density at radius 2 is 2.12 bits per heavy atom. The number of sulfonamides is 1. The zero-order valence-corrected chi connectivity index (χ0v) is 11.0. The van der Waals surface area contributed by atoms with Crippen molar-refractivity contribution < 1.29 is 17.9 Å². The molecule has 0 bridgehead atoms. The van der Waals surface area contributed by atoms with Gasteiger partial charge in [0, 0.05) is 12.1 Å². The number of rotatable bonds is 7. The Morgan fingerprint density at radius 3 is 2.53 bits per heavy atom. The van der Waals surface area contributed by atoms with Crippen molar-refractivity contribution in [3.63, 3.8) is 0 Å². The van der Waals surface area contributed by atoms with Crippen molar-refractivity contribution in [1.29, 1.82) is 0 Å². The van der Waals surface area contributed by atoms with Crippen LogP contribution in [0.3, 0.4) is 0 Å². The molecule has 0 radical (unpaired) electrons. The molecular weight excluding hydrogens is 244 g/mol. The molecule has 1 aliphatic carbocycles. The molecule has 1 atom stereocenters. The summed E-state index contributed by atoms with van der Waals surface area (Å²) in [5.74, 6) is -1.12. The second-order valence-electron chi connectivity index (χ2n) is 4.56. The maximum Gasteiger partial charge on any atom is 0.322 e. The maximum atomic E-state index is 11.8. The average molecular weight is 264 g/mol. The van der Waals surface area contributed by atoms with Crippen molar-refractivity contribution in [1.82, 2.24) is 4.72 Å². The molecule has 1 rings (SSSR count). The van der Waals surface area contributed by atoms with E-state index in [1.165, 1.54) is 0 Å². The molecule has 17 heavy (non-hydrogen) atoms. The molecule has 0 spiro atoms. The summed E-state index contributed by atoms with van der Waals surface area (Å²) in [5, 5.41) is 0. The van der Waals surface area contributed by atoms with Crippen molar-refractivity contribution in [2.75, 3.05) is 18.9 Å². The molecule has 0 aliphatic heterocycles. The molecule has 0 aromatic heterocycles. The number of hydrogen-bond donors (Lipinski definition) is 2. The van der Waals surface area contributed by atoms with Gasteiger partial charge in [0.05, 0.1) is 6.61 Å². The Bertz CT molecular complexity index is 378. The van der Waals surface area contributed by atoms with E-state index < -0.39 is 27.3 Å². The molecule has 6 nitrogen and oxygen atoms in total. The van der Waals surface area contributed by atoms with Crippen LogP contribution in [-0.4, -0.2) is 38.8 Å². The van der Waals surface area contributed by atoms with Gasteiger partial charge in [0.1, 0.15) is 0 Å². The van der Waals surface area contributed by atoms with Gasteiger partial charge >= 0.3 is 5.97 Å². The average Bonchev–Trinajstić information content (AvgIpc) is 2.99. The van der Waals surface area contributed by atoms with E-state index >= 15 is 0 Å². The smallest absolute Gasteiger partial charge is 0.322 e. The van der Waals surface area contributed by atoms with Crippen LogP contribution in [0.4, 0.5) is 0 Å². The lowest BCUT2D eigenvalue weighted by Gasteiger charge is -2.28. The first kappa shape index (κ1) is 14.4. The van der Waals surface area contributed by atoms with Crippen LogP contribution in [0.1, 0.15) is 26.7 Å². The van der Waals surface area contributed by atoms with Gasteiger partial charge in [-0.25, -0.2) is 13.1 Å². The normalized spacial score (nSPS) is 19.7. The van der Waals surface area contributed by atoms with E-state index in [1.807, 2.05) is 0 Å². The number of hydrogen-bond acceptors (Lipinski definition) is 5. The minimum Gasteiger partial charge on any atom is -0.465 e. The summed E-state index contributed by atoms with van der Waals surface area (Å²) in [6.07, 6.45) is 1.94. The molecular formula is C10H20N2O4S. The summed E-state index contributed by atoms with van der Waals surface area (Å²) in [6.45, 7) is 3.80. The highest BCUT2D eigenvalue weighted by Crippen LogP contribution is 2.39. The number of nitrogens with two attached hydrogens (primary N) is 1. The summed E-state index contributed by atoms with van der Waals surface area (Å²) in [5.41, 5.74) is 4.95. The van der Waals surface area contributed by atoms with Crippen LogP contribution in [-0.2, 0) is 19.6 Å². The third-order valence-electron chi connectivity index (χ3n) is 2.90. The van der Waals surface area contributed by atoms with Crippen LogP contribution in [0, 0.1) is 5.92 Å². The lowest BCUT2D eigenvalue weighted by molar-refractivity contribution is -0.139. The van der Waals surface area contributed by atoms with Gasteiger partial charge in [-0.05, 0) is 32.6 Å². The largest absolute Gasteiger partial charge is 0.465 e. The van der Waals surface area contributed by atoms with Gasteiger partial charge in [-0.2, -0.15) is 0 Å². The minimum absolute atomic E-state index is 0.172. The summed E-state index contributed by atoms with van der Waals surface area (Å²) in [4.78, 5) is 11.1. The van der Waals surface area contributed by atoms with Crippen LogP contribution in [0.2, 0.25) is 0 Å². The molecule has 0 saturated heterocycles. The SMILES string of the molecule is CCOC(=O)CS(=O)(=O)NC(C)(CN)C1CC1. The third kappa shape index (κ3) is 4.25. The van der Waals surface area contributed by atoms with E-state index in [-0.39, 0.29) is 19.1 Å². The Hall–Kier alpha value is -0.660. The Morgan fingerprint density at radius 1 is 1.53 bits per heavy atom. The highest BCUT2D eigenvalue weighted by Gasteiger charge is 2.43. The molecule has 0 aromatic carbocycles. The fourth-order valence-corrected chi connectivity index (χ4v) is 3.19. The molecule has 0 heterocycles. The van der Waals surface area contributed by atoms with Crippen LogP contribution >= 0.6 is 0 Å². The predicted molar refractivity (Wildman–Crippen MR) is 63.7 cm³/mol. The van der Waals surface area contributed by atoms with E-state index in [0.29, 0.717) is 0 Å². The lowest BCUT2D eigenvalue weighted by atomic mass is 9.98. The van der Waals surface area contributed by atoms with Crippen molar-refractivity contribution in [2.24, 2.45) is 11.7 Å². The van der Waals surface area contributed by atoms with Crippen LogP contribution in [0.15, 0.2) is 0 Å². The van der Waals surface area contributed by atoms with Gasteiger partial charge in [-0.1, -0.05) is 0 Å². The number of nitrogens with one attached hydrogen (secondary N) is 1. The summed E-state index contributed by atoms with van der Waals surface area (Å²) < 4.78 is 30.6. The standard InChI is InChI=1S/C10H20N2O4S/c1-3-16-9(13)6-17(14,15)12-10(2,7-11)8-4-5-8/h8,12H,3-7,11H2,1-2H3. The van der Waals surface area contributed by atoms with E-state index in [0.717, 1.165) is 12.8 Å². The summed E-state index contributed by atoms with van der Waals surface area (Å²) in [7, 11) is -3.68. The van der Waals surface area contributed by atoms with Gasteiger partial charge in [0.25, 0.3) is 0 Å². The topological polar surface area (TPSA) is 98.5 Å². The van der Waals surface area contributed by atoms with Crippen LogP contribution in [0.25, 0.3) is 0 Å². The van der Waals surface area contributed by atoms with Crippen LogP contribution in [0.5, 0.6) is 0 Å². The molecule has 100 valence electrons. The molecule has 1 unspecified atom stereocenters. The number of carbonyl (C=O) groups excluding carboxylic acids is 1. The van der Waals surface area contributed by atoms with Gasteiger partial charge in [-0.3, -0.25) is 4.79 Å². The van der Waals surface area contributed by atoms with Crippen molar-refractivity contribution in [2.45, 2.75) is 32.2 Å². The fraction of sp³-hybridized carbons (Fsp3) is 0.900. The molecule has 0 aromatic rings. The maximum absolute atomic E-state index is 11.8. The second-order valence-corrected chi connectivity index (χ2v) is 6.28. The quantitative estimate of drug-likeness (QED) is 0.609. The highest BCUT2D eigenvalue weighted by atomic mass is 32.2. The molecule has 0 amide bonds. The van der Waals surface area contributed by atoms with Gasteiger partial charge in [0.15, 0.2) is 5.75 Å². The summed E-state index contributed by atoms with van der Waals surface area (Å²) in [6, 6.07) is 0. The van der Waals surface area contributed by atoms with Crippen LogP contribution < -0.4 is 10.5 Å². The van der Waals surface area contributed by atoms with Gasteiger partial charge < -0.3 is 10.5 Å². The van der Waals surface area contributed by atoms with E-state index in [4.69, 9.17) is 5.73 Å². The monoisotopic (exact) mass is 264 g/mol. The molecule has 1 saturated carbocycles. The van der Waals surface area contributed by atoms with Crippen molar-refractivity contribution in [3.8, 4) is 0 Å². The van der Waals surface area contributed by atoms with E-state index in [2.05, 4.69) is 9.46 Å². The minimum atomic E-state index is -3.68. The first-order valence-electron chi connectivity index (χ1n) is 5.70. The highest BCUT2D eigenvalue weighted by molar-refractivity contribution is 7.90. The zero-order chi connectivity index (χ0) is 13.1.